The molecule has 2 rings (SSSR count). The predicted molar refractivity (Wildman–Crippen MR) is 125 cm³/mol. The number of halogens is 1. The van der Waals surface area contributed by atoms with E-state index in [4.69, 9.17) is 0 Å². The van der Waals surface area contributed by atoms with Crippen LogP contribution in [0.25, 0.3) is 0 Å². The van der Waals surface area contributed by atoms with Crippen molar-refractivity contribution in [3.05, 3.63) is 33.0 Å². The van der Waals surface area contributed by atoms with Crippen LogP contribution in [0.4, 0.5) is 0 Å². The van der Waals surface area contributed by atoms with Crippen molar-refractivity contribution in [2.45, 2.75) is 60.0 Å². The molecule has 8 heteroatoms. The molecule has 0 fully saturated rings. The van der Waals surface area contributed by atoms with E-state index in [1.54, 1.807) is 18.4 Å². The van der Waals surface area contributed by atoms with Crippen LogP contribution in [-0.4, -0.2) is 33.8 Å². The summed E-state index contributed by atoms with van der Waals surface area (Å²) in [5, 5.41) is 12.6. The van der Waals surface area contributed by atoms with Crippen LogP contribution in [0.5, 0.6) is 0 Å². The largest absolute Gasteiger partial charge is 0.354 e. The van der Waals surface area contributed by atoms with Gasteiger partial charge in [-0.05, 0) is 38.7 Å². The summed E-state index contributed by atoms with van der Waals surface area (Å²) in [6.07, 6.45) is 3.93. The SMILES string of the molecule is CN=C(NCc1cnc(CC(C)C)s1)NC(C)Cc1c(C)nn(C)c1C.I. The highest BCUT2D eigenvalue weighted by atomic mass is 127. The summed E-state index contributed by atoms with van der Waals surface area (Å²) in [4.78, 5) is 10.1. The van der Waals surface area contributed by atoms with Gasteiger partial charge in [0.1, 0.15) is 0 Å². The molecule has 0 spiro atoms. The van der Waals surface area contributed by atoms with E-state index in [1.807, 2.05) is 17.9 Å². The normalized spacial score (nSPS) is 12.8. The monoisotopic (exact) mass is 504 g/mol. The summed E-state index contributed by atoms with van der Waals surface area (Å²) in [6.45, 7) is 11.5. The van der Waals surface area contributed by atoms with Gasteiger partial charge in [0.2, 0.25) is 0 Å². The zero-order valence-corrected chi connectivity index (χ0v) is 20.6. The first kappa shape index (κ1) is 23.9. The molecular formula is C19H33IN6S. The molecule has 2 aromatic heterocycles. The van der Waals surface area contributed by atoms with E-state index in [-0.39, 0.29) is 30.0 Å². The van der Waals surface area contributed by atoms with Gasteiger partial charge in [0, 0.05) is 43.3 Å². The fourth-order valence-electron chi connectivity index (χ4n) is 2.94. The summed E-state index contributed by atoms with van der Waals surface area (Å²) in [6, 6.07) is 0.265. The van der Waals surface area contributed by atoms with Gasteiger partial charge >= 0.3 is 0 Å². The maximum Gasteiger partial charge on any atom is 0.191 e. The first-order valence-electron chi connectivity index (χ1n) is 9.20. The quantitative estimate of drug-likeness (QED) is 0.344. The van der Waals surface area contributed by atoms with Gasteiger partial charge in [-0.2, -0.15) is 5.10 Å². The molecule has 0 saturated heterocycles. The van der Waals surface area contributed by atoms with Crippen LogP contribution in [0.3, 0.4) is 0 Å². The van der Waals surface area contributed by atoms with Gasteiger partial charge in [0.25, 0.3) is 0 Å². The molecule has 2 aromatic rings. The lowest BCUT2D eigenvalue weighted by Crippen LogP contribution is -2.42. The summed E-state index contributed by atoms with van der Waals surface area (Å²) < 4.78 is 1.95. The topological polar surface area (TPSA) is 67.1 Å². The standard InChI is InChI=1S/C19H32N6S.HI/c1-12(2)8-18-21-10-16(26-18)11-22-19(20-6)23-13(3)9-17-14(4)24-25(7)15(17)5;/h10,12-13H,8-9,11H2,1-7H3,(H2,20,22,23);1H. The molecular weight excluding hydrogens is 471 g/mol. The summed E-state index contributed by atoms with van der Waals surface area (Å²) in [5.41, 5.74) is 3.63. The zero-order chi connectivity index (χ0) is 19.3. The van der Waals surface area contributed by atoms with Crippen molar-refractivity contribution in [1.82, 2.24) is 25.4 Å². The highest BCUT2D eigenvalue weighted by molar-refractivity contribution is 14.0. The number of thiazole rings is 1. The van der Waals surface area contributed by atoms with Gasteiger partial charge in [0.05, 0.1) is 17.2 Å². The summed E-state index contributed by atoms with van der Waals surface area (Å²) in [7, 11) is 3.80. The second kappa shape index (κ2) is 11.0. The summed E-state index contributed by atoms with van der Waals surface area (Å²) in [5.74, 6) is 1.45. The van der Waals surface area contributed by atoms with Gasteiger partial charge in [-0.1, -0.05) is 13.8 Å². The Morgan fingerprint density at radius 1 is 1.26 bits per heavy atom. The first-order valence-corrected chi connectivity index (χ1v) is 10.0. The van der Waals surface area contributed by atoms with Gasteiger partial charge in [-0.15, -0.1) is 35.3 Å². The van der Waals surface area contributed by atoms with Gasteiger partial charge in [-0.3, -0.25) is 9.67 Å². The van der Waals surface area contributed by atoms with Crippen LogP contribution in [0.2, 0.25) is 0 Å². The third-order valence-corrected chi connectivity index (χ3v) is 5.41. The summed E-state index contributed by atoms with van der Waals surface area (Å²) >= 11 is 1.77. The number of guanidine groups is 1. The Hall–Kier alpha value is -1.16. The minimum Gasteiger partial charge on any atom is -0.354 e. The lowest BCUT2D eigenvalue weighted by Gasteiger charge is -2.18. The van der Waals surface area contributed by atoms with E-state index < -0.39 is 0 Å². The Morgan fingerprint density at radius 2 is 1.96 bits per heavy atom. The average molecular weight is 504 g/mol. The van der Waals surface area contributed by atoms with Crippen molar-refractivity contribution in [2.24, 2.45) is 18.0 Å². The molecule has 0 aliphatic rings. The number of hydrogen-bond donors (Lipinski definition) is 2. The van der Waals surface area contributed by atoms with Crippen LogP contribution in [0, 0.1) is 19.8 Å². The number of aliphatic imine (C=N–C) groups is 1. The van der Waals surface area contributed by atoms with Crippen molar-refractivity contribution < 1.29 is 0 Å². The molecule has 0 aliphatic carbocycles. The van der Waals surface area contributed by atoms with E-state index in [2.05, 4.69) is 60.3 Å². The molecule has 0 amide bonds. The Kier molecular flexibility index (Phi) is 9.72. The van der Waals surface area contributed by atoms with Gasteiger partial charge in [0.15, 0.2) is 5.96 Å². The molecule has 1 atom stereocenters. The fourth-order valence-corrected chi connectivity index (χ4v) is 4.02. The van der Waals surface area contributed by atoms with Crippen molar-refractivity contribution in [1.29, 1.82) is 0 Å². The number of nitrogens with one attached hydrogen (secondary N) is 2. The molecule has 1 unspecified atom stereocenters. The number of aryl methyl sites for hydroxylation is 2. The second-order valence-electron chi connectivity index (χ2n) is 7.27. The van der Waals surface area contributed by atoms with Gasteiger partial charge in [-0.25, -0.2) is 4.98 Å². The molecule has 0 bridgehead atoms. The minimum absolute atomic E-state index is 0. The zero-order valence-electron chi connectivity index (χ0n) is 17.5. The smallest absolute Gasteiger partial charge is 0.191 e. The molecule has 0 aromatic carbocycles. The van der Waals surface area contributed by atoms with Gasteiger partial charge < -0.3 is 10.6 Å². The van der Waals surface area contributed by atoms with Crippen molar-refractivity contribution in [2.75, 3.05) is 7.05 Å². The fraction of sp³-hybridized carbons (Fsp3) is 0.632. The Labute approximate surface area is 184 Å². The Balaban J connectivity index is 0.00000364. The van der Waals surface area contributed by atoms with Crippen molar-refractivity contribution in [3.63, 3.8) is 0 Å². The van der Waals surface area contributed by atoms with Crippen molar-refractivity contribution in [3.8, 4) is 0 Å². The molecule has 0 aliphatic heterocycles. The third kappa shape index (κ3) is 7.06. The molecule has 2 heterocycles. The van der Waals surface area contributed by atoms with Crippen LogP contribution in [-0.2, 0) is 26.4 Å². The lowest BCUT2D eigenvalue weighted by atomic mass is 10.1. The molecule has 152 valence electrons. The van der Waals surface area contributed by atoms with Crippen LogP contribution >= 0.6 is 35.3 Å². The first-order chi connectivity index (χ1) is 12.3. The number of nitrogens with zero attached hydrogens (tertiary/aromatic N) is 4. The lowest BCUT2D eigenvalue weighted by molar-refractivity contribution is 0.636. The molecule has 6 nitrogen and oxygen atoms in total. The molecule has 2 N–H and O–H groups in total. The third-order valence-electron chi connectivity index (χ3n) is 4.39. The molecule has 0 radical (unpaired) electrons. The van der Waals surface area contributed by atoms with E-state index in [1.165, 1.54) is 21.1 Å². The predicted octanol–water partition coefficient (Wildman–Crippen LogP) is 3.61. The molecule has 27 heavy (non-hydrogen) atoms. The van der Waals surface area contributed by atoms with Crippen molar-refractivity contribution >= 4 is 41.3 Å². The maximum atomic E-state index is 4.51. The number of hydrogen-bond acceptors (Lipinski definition) is 4. The molecule has 0 saturated carbocycles. The van der Waals surface area contributed by atoms with E-state index in [9.17, 15) is 0 Å². The minimum atomic E-state index is 0. The average Bonchev–Trinajstić information content (AvgIpc) is 3.10. The van der Waals surface area contributed by atoms with Crippen LogP contribution in [0.1, 0.15) is 47.6 Å². The van der Waals surface area contributed by atoms with Crippen LogP contribution in [0.15, 0.2) is 11.2 Å². The van der Waals surface area contributed by atoms with E-state index in [0.29, 0.717) is 5.92 Å². The number of aromatic nitrogens is 3. The van der Waals surface area contributed by atoms with E-state index >= 15 is 0 Å². The highest BCUT2D eigenvalue weighted by Gasteiger charge is 2.14. The Morgan fingerprint density at radius 3 is 2.52 bits per heavy atom. The number of rotatable bonds is 7. The maximum absolute atomic E-state index is 4.51. The Bertz CT molecular complexity index is 749. The van der Waals surface area contributed by atoms with Crippen LogP contribution < -0.4 is 10.6 Å². The van der Waals surface area contributed by atoms with E-state index in [0.717, 1.165) is 31.0 Å². The highest BCUT2D eigenvalue weighted by Crippen LogP contribution is 2.16. The second-order valence-corrected chi connectivity index (χ2v) is 8.47.